The lowest BCUT2D eigenvalue weighted by molar-refractivity contribution is 0.102. The summed E-state index contributed by atoms with van der Waals surface area (Å²) in [6.45, 7) is 4.32. The summed E-state index contributed by atoms with van der Waals surface area (Å²) in [5.41, 5.74) is 1.47. The van der Waals surface area contributed by atoms with Gasteiger partial charge in [-0.3, -0.25) is 10.1 Å². The lowest BCUT2D eigenvalue weighted by Gasteiger charge is -2.32. The number of sulfonamides is 1. The maximum atomic E-state index is 12.9. The zero-order chi connectivity index (χ0) is 20.6. The number of carbonyl (C=O) groups is 1. The fourth-order valence-electron chi connectivity index (χ4n) is 3.89. The Kier molecular flexibility index (Phi) is 5.74. The number of piperidine rings is 1. The van der Waals surface area contributed by atoms with E-state index in [0.29, 0.717) is 17.2 Å². The molecule has 2 aliphatic heterocycles. The average Bonchev–Trinajstić information content (AvgIpc) is 3.09. The number of thiazole rings is 1. The number of likely N-dealkylation sites (N-methyl/N-ethyl adjacent to an activating group) is 1. The number of anilines is 1. The van der Waals surface area contributed by atoms with Crippen molar-refractivity contribution >= 4 is 32.4 Å². The number of nitrogens with one attached hydrogen (secondary N) is 1. The van der Waals surface area contributed by atoms with Crippen LogP contribution in [0.2, 0.25) is 0 Å². The van der Waals surface area contributed by atoms with Crippen LogP contribution < -0.4 is 5.32 Å². The van der Waals surface area contributed by atoms with Gasteiger partial charge in [0.05, 0.1) is 10.6 Å². The van der Waals surface area contributed by atoms with Gasteiger partial charge in [0, 0.05) is 42.5 Å². The van der Waals surface area contributed by atoms with Gasteiger partial charge in [-0.2, -0.15) is 4.31 Å². The molecule has 0 unspecified atom stereocenters. The van der Waals surface area contributed by atoms with Crippen LogP contribution in [-0.4, -0.2) is 54.7 Å². The van der Waals surface area contributed by atoms with Gasteiger partial charge in [-0.05, 0) is 51.1 Å². The van der Waals surface area contributed by atoms with Gasteiger partial charge in [0.1, 0.15) is 0 Å². The molecule has 1 saturated heterocycles. The van der Waals surface area contributed by atoms with Crippen molar-refractivity contribution in [2.45, 2.75) is 50.1 Å². The number of hydrogen-bond donors (Lipinski definition) is 1. The summed E-state index contributed by atoms with van der Waals surface area (Å²) in [6, 6.07) is 6.18. The maximum absolute atomic E-state index is 12.9. The second kappa shape index (κ2) is 8.14. The van der Waals surface area contributed by atoms with Crippen LogP contribution in [0.1, 0.15) is 47.1 Å². The monoisotopic (exact) mass is 434 g/mol. The van der Waals surface area contributed by atoms with Gasteiger partial charge in [-0.15, -0.1) is 11.3 Å². The SMILES string of the molecule is C[C@@H]1CCCCN1S(=O)(=O)c1ccc(C(=O)Nc2nc3c(s2)CN(C)CC3)cc1. The third-order valence-electron chi connectivity index (χ3n) is 5.61. The Hall–Kier alpha value is -1.81. The minimum absolute atomic E-state index is 0.00621. The molecule has 2 aromatic rings. The molecule has 1 atom stereocenters. The topological polar surface area (TPSA) is 82.6 Å². The lowest BCUT2D eigenvalue weighted by atomic mass is 10.1. The Labute approximate surface area is 175 Å². The molecule has 9 heteroatoms. The van der Waals surface area contributed by atoms with Crippen LogP contribution in [0.5, 0.6) is 0 Å². The molecule has 1 aromatic heterocycles. The first-order valence-corrected chi connectivity index (χ1v) is 12.2. The van der Waals surface area contributed by atoms with E-state index in [1.54, 1.807) is 16.4 Å². The molecular weight excluding hydrogens is 408 g/mol. The number of carbonyl (C=O) groups excluding carboxylic acids is 1. The van der Waals surface area contributed by atoms with Crippen molar-refractivity contribution in [3.63, 3.8) is 0 Å². The van der Waals surface area contributed by atoms with Crippen molar-refractivity contribution in [2.75, 3.05) is 25.5 Å². The number of aromatic nitrogens is 1. The molecule has 29 heavy (non-hydrogen) atoms. The third-order valence-corrected chi connectivity index (χ3v) is 8.63. The second-order valence-electron chi connectivity index (χ2n) is 7.82. The van der Waals surface area contributed by atoms with Crippen LogP contribution in [0.25, 0.3) is 0 Å². The summed E-state index contributed by atoms with van der Waals surface area (Å²) in [5.74, 6) is -0.278. The predicted octanol–water partition coefficient (Wildman–Crippen LogP) is 2.95. The lowest BCUT2D eigenvalue weighted by Crippen LogP contribution is -2.41. The Morgan fingerprint density at radius 2 is 1.97 bits per heavy atom. The van der Waals surface area contributed by atoms with E-state index >= 15 is 0 Å². The Bertz CT molecular complexity index is 1000. The van der Waals surface area contributed by atoms with Crippen LogP contribution in [-0.2, 0) is 23.0 Å². The predicted molar refractivity (Wildman–Crippen MR) is 114 cm³/mol. The Morgan fingerprint density at radius 1 is 1.21 bits per heavy atom. The van der Waals surface area contributed by atoms with Crippen molar-refractivity contribution < 1.29 is 13.2 Å². The molecule has 0 aliphatic carbocycles. The van der Waals surface area contributed by atoms with Gasteiger partial charge in [0.2, 0.25) is 10.0 Å². The molecule has 1 amide bonds. The fraction of sp³-hybridized carbons (Fsp3) is 0.500. The molecule has 1 aromatic carbocycles. The molecule has 0 spiro atoms. The van der Waals surface area contributed by atoms with Crippen LogP contribution >= 0.6 is 11.3 Å². The first-order chi connectivity index (χ1) is 13.8. The van der Waals surface area contributed by atoms with E-state index < -0.39 is 10.0 Å². The highest BCUT2D eigenvalue weighted by Gasteiger charge is 2.31. The Morgan fingerprint density at radius 3 is 2.69 bits per heavy atom. The summed E-state index contributed by atoms with van der Waals surface area (Å²) in [6.07, 6.45) is 3.72. The molecule has 1 N–H and O–H groups in total. The number of amides is 1. The van der Waals surface area contributed by atoms with E-state index in [2.05, 4.69) is 22.2 Å². The van der Waals surface area contributed by atoms with E-state index in [9.17, 15) is 13.2 Å². The first-order valence-electron chi connectivity index (χ1n) is 9.95. The van der Waals surface area contributed by atoms with Gasteiger partial charge >= 0.3 is 0 Å². The zero-order valence-electron chi connectivity index (χ0n) is 16.7. The van der Waals surface area contributed by atoms with E-state index in [4.69, 9.17) is 0 Å². The standard InChI is InChI=1S/C20H26N4O3S2/c1-14-5-3-4-11-24(14)29(26,27)16-8-6-15(7-9-16)19(25)22-20-21-17-10-12-23(2)13-18(17)28-20/h6-9,14H,3-5,10-13H2,1-2H3,(H,21,22,25)/t14-/m1/s1. The molecular formula is C20H26N4O3S2. The van der Waals surface area contributed by atoms with Gasteiger partial charge in [-0.1, -0.05) is 6.42 Å². The summed E-state index contributed by atoms with van der Waals surface area (Å²) in [5, 5.41) is 3.44. The molecule has 7 nitrogen and oxygen atoms in total. The molecule has 2 aliphatic rings. The van der Waals surface area contributed by atoms with E-state index in [1.165, 1.54) is 28.3 Å². The quantitative estimate of drug-likeness (QED) is 0.800. The largest absolute Gasteiger partial charge is 0.301 e. The summed E-state index contributed by atoms with van der Waals surface area (Å²) in [7, 11) is -1.46. The molecule has 3 heterocycles. The van der Waals surface area contributed by atoms with Crippen LogP contribution in [0, 0.1) is 0 Å². The Balaban J connectivity index is 1.47. The third kappa shape index (κ3) is 4.23. The summed E-state index contributed by atoms with van der Waals surface area (Å²) in [4.78, 5) is 20.8. The minimum Gasteiger partial charge on any atom is -0.301 e. The molecule has 156 valence electrons. The zero-order valence-corrected chi connectivity index (χ0v) is 18.4. The first kappa shape index (κ1) is 20.5. The van der Waals surface area contributed by atoms with Crippen molar-refractivity contribution in [1.82, 2.24) is 14.2 Å². The molecule has 0 saturated carbocycles. The van der Waals surface area contributed by atoms with Gasteiger partial charge in [0.25, 0.3) is 5.91 Å². The molecule has 4 rings (SSSR count). The van der Waals surface area contributed by atoms with Crippen molar-refractivity contribution in [3.8, 4) is 0 Å². The van der Waals surface area contributed by atoms with E-state index in [1.807, 2.05) is 6.92 Å². The van der Waals surface area contributed by atoms with Crippen LogP contribution in [0.3, 0.4) is 0 Å². The molecule has 0 bridgehead atoms. The van der Waals surface area contributed by atoms with Crippen molar-refractivity contribution in [2.24, 2.45) is 0 Å². The average molecular weight is 435 g/mol. The highest BCUT2D eigenvalue weighted by Crippen LogP contribution is 2.28. The van der Waals surface area contributed by atoms with Gasteiger partial charge in [-0.25, -0.2) is 13.4 Å². The van der Waals surface area contributed by atoms with E-state index in [0.717, 1.165) is 44.5 Å². The van der Waals surface area contributed by atoms with Gasteiger partial charge < -0.3 is 4.90 Å². The minimum atomic E-state index is -3.53. The number of nitrogens with zero attached hydrogens (tertiary/aromatic N) is 3. The summed E-state index contributed by atoms with van der Waals surface area (Å²) >= 11 is 1.50. The maximum Gasteiger partial charge on any atom is 0.257 e. The highest BCUT2D eigenvalue weighted by atomic mass is 32.2. The fourth-order valence-corrected chi connectivity index (χ4v) is 6.67. The smallest absolute Gasteiger partial charge is 0.257 e. The molecule has 1 fully saturated rings. The number of benzene rings is 1. The van der Waals surface area contributed by atoms with E-state index in [-0.39, 0.29) is 16.8 Å². The van der Waals surface area contributed by atoms with Crippen molar-refractivity contribution in [1.29, 1.82) is 0 Å². The van der Waals surface area contributed by atoms with Crippen molar-refractivity contribution in [3.05, 3.63) is 40.4 Å². The van der Waals surface area contributed by atoms with Crippen LogP contribution in [0.4, 0.5) is 5.13 Å². The second-order valence-corrected chi connectivity index (χ2v) is 10.8. The highest BCUT2D eigenvalue weighted by molar-refractivity contribution is 7.89. The molecule has 0 radical (unpaired) electrons. The number of fused-ring (bicyclic) bond motifs is 1. The number of hydrogen-bond acceptors (Lipinski definition) is 6. The van der Waals surface area contributed by atoms with Crippen LogP contribution in [0.15, 0.2) is 29.2 Å². The summed E-state index contributed by atoms with van der Waals surface area (Å²) < 4.78 is 27.4. The van der Waals surface area contributed by atoms with Gasteiger partial charge in [0.15, 0.2) is 5.13 Å². The normalized spacial score (nSPS) is 21.0. The number of rotatable bonds is 4.